The van der Waals surface area contributed by atoms with Crippen LogP contribution in [0.4, 0.5) is 0 Å². The number of hydrogen-bond donors (Lipinski definition) is 1. The predicted molar refractivity (Wildman–Crippen MR) is 115 cm³/mol. The van der Waals surface area contributed by atoms with Gasteiger partial charge >= 0.3 is 0 Å². The molecular weight excluding hydrogens is 443 g/mol. The van der Waals surface area contributed by atoms with Gasteiger partial charge < -0.3 is 19.9 Å². The van der Waals surface area contributed by atoms with Gasteiger partial charge in [0.2, 0.25) is 0 Å². The summed E-state index contributed by atoms with van der Waals surface area (Å²) in [7, 11) is 4.15. The Kier molecular flexibility index (Phi) is 8.62. The molecule has 2 aliphatic heterocycles. The molecule has 3 heterocycles. The fraction of sp³-hybridized carbons (Fsp3) is 0.778. The molecule has 1 atom stereocenters. The van der Waals surface area contributed by atoms with Crippen LogP contribution in [0.2, 0.25) is 0 Å². The van der Waals surface area contributed by atoms with Gasteiger partial charge in [0.25, 0.3) is 0 Å². The Bertz CT molecular complexity index is 570. The van der Waals surface area contributed by atoms with E-state index in [2.05, 4.69) is 34.2 Å². The third kappa shape index (κ3) is 5.82. The van der Waals surface area contributed by atoms with Crippen LogP contribution in [0.1, 0.15) is 31.4 Å². The molecule has 0 amide bonds. The zero-order chi connectivity index (χ0) is 17.6. The highest BCUT2D eigenvalue weighted by molar-refractivity contribution is 14.0. The number of rotatable bonds is 4. The molecule has 0 spiro atoms. The highest BCUT2D eigenvalue weighted by Crippen LogP contribution is 2.22. The number of likely N-dealkylation sites (tertiary alicyclic amines) is 1. The SMILES string of the molecule is CCNC(=NCC1CCN(C)CC1)N1CCOC(c2cnn(C)c2)C1.I. The smallest absolute Gasteiger partial charge is 0.194 e. The van der Waals surface area contributed by atoms with Crippen molar-refractivity contribution in [1.29, 1.82) is 0 Å². The van der Waals surface area contributed by atoms with Crippen molar-refractivity contribution in [2.45, 2.75) is 25.9 Å². The van der Waals surface area contributed by atoms with Gasteiger partial charge in [-0.1, -0.05) is 0 Å². The summed E-state index contributed by atoms with van der Waals surface area (Å²) in [6.45, 7) is 8.75. The summed E-state index contributed by atoms with van der Waals surface area (Å²) in [5.74, 6) is 1.73. The first-order chi connectivity index (χ1) is 12.2. The molecule has 1 N–H and O–H groups in total. The summed E-state index contributed by atoms with van der Waals surface area (Å²) < 4.78 is 7.79. The van der Waals surface area contributed by atoms with Crippen molar-refractivity contribution in [3.63, 3.8) is 0 Å². The van der Waals surface area contributed by atoms with Crippen LogP contribution in [0, 0.1) is 5.92 Å². The number of hydrogen-bond acceptors (Lipinski definition) is 4. The van der Waals surface area contributed by atoms with Crippen LogP contribution in [0.15, 0.2) is 17.4 Å². The molecule has 2 aliphatic rings. The normalized spacial score (nSPS) is 23.0. The van der Waals surface area contributed by atoms with E-state index in [1.165, 1.54) is 25.9 Å². The maximum atomic E-state index is 5.96. The van der Waals surface area contributed by atoms with E-state index >= 15 is 0 Å². The van der Waals surface area contributed by atoms with Gasteiger partial charge in [-0.3, -0.25) is 9.67 Å². The zero-order valence-corrected chi connectivity index (χ0v) is 18.6. The summed E-state index contributed by atoms with van der Waals surface area (Å²) in [4.78, 5) is 9.70. The number of aryl methyl sites for hydroxylation is 1. The average molecular weight is 476 g/mol. The van der Waals surface area contributed by atoms with Gasteiger partial charge in [0, 0.05) is 38.4 Å². The van der Waals surface area contributed by atoms with Gasteiger partial charge in [-0.25, -0.2) is 0 Å². The molecule has 2 saturated heterocycles. The molecular formula is C18H33IN6O. The van der Waals surface area contributed by atoms with Crippen molar-refractivity contribution >= 4 is 29.9 Å². The van der Waals surface area contributed by atoms with E-state index in [-0.39, 0.29) is 30.1 Å². The Balaban J connectivity index is 0.00000243. The minimum Gasteiger partial charge on any atom is -0.370 e. The lowest BCUT2D eigenvalue weighted by Crippen LogP contribution is -2.48. The Morgan fingerprint density at radius 3 is 2.73 bits per heavy atom. The van der Waals surface area contributed by atoms with Crippen molar-refractivity contribution in [1.82, 2.24) is 24.9 Å². The molecule has 1 aromatic rings. The lowest BCUT2D eigenvalue weighted by molar-refractivity contribution is -0.00807. The molecule has 1 aromatic heterocycles. The first-order valence-corrected chi connectivity index (χ1v) is 9.47. The molecule has 0 aliphatic carbocycles. The first kappa shape index (κ1) is 21.4. The second kappa shape index (κ2) is 10.5. The molecule has 26 heavy (non-hydrogen) atoms. The summed E-state index contributed by atoms with van der Waals surface area (Å²) in [5, 5.41) is 7.74. The minimum atomic E-state index is 0. The van der Waals surface area contributed by atoms with Gasteiger partial charge in [0.15, 0.2) is 5.96 Å². The maximum absolute atomic E-state index is 5.96. The highest BCUT2D eigenvalue weighted by Gasteiger charge is 2.25. The van der Waals surface area contributed by atoms with E-state index < -0.39 is 0 Å². The van der Waals surface area contributed by atoms with E-state index in [4.69, 9.17) is 9.73 Å². The fourth-order valence-corrected chi connectivity index (χ4v) is 3.54. The van der Waals surface area contributed by atoms with Crippen LogP contribution in [0.25, 0.3) is 0 Å². The number of piperidine rings is 1. The van der Waals surface area contributed by atoms with Gasteiger partial charge in [-0.2, -0.15) is 5.10 Å². The summed E-state index contributed by atoms with van der Waals surface area (Å²) in [6, 6.07) is 0. The number of aromatic nitrogens is 2. The van der Waals surface area contributed by atoms with Gasteiger partial charge in [-0.15, -0.1) is 24.0 Å². The topological polar surface area (TPSA) is 57.9 Å². The van der Waals surface area contributed by atoms with Gasteiger partial charge in [0.1, 0.15) is 6.10 Å². The number of halogens is 1. The van der Waals surface area contributed by atoms with E-state index in [0.29, 0.717) is 5.92 Å². The summed E-state index contributed by atoms with van der Waals surface area (Å²) >= 11 is 0. The Labute approximate surface area is 174 Å². The lowest BCUT2D eigenvalue weighted by atomic mass is 9.97. The molecule has 2 fully saturated rings. The average Bonchev–Trinajstić information content (AvgIpc) is 3.07. The molecule has 3 rings (SSSR count). The van der Waals surface area contributed by atoms with E-state index in [1.54, 1.807) is 0 Å². The van der Waals surface area contributed by atoms with Crippen LogP contribution < -0.4 is 5.32 Å². The number of nitrogens with zero attached hydrogens (tertiary/aromatic N) is 5. The van der Waals surface area contributed by atoms with Crippen molar-refractivity contribution < 1.29 is 4.74 Å². The Hall–Kier alpha value is -0.870. The summed E-state index contributed by atoms with van der Waals surface area (Å²) in [6.07, 6.45) is 6.50. The van der Waals surface area contributed by atoms with E-state index in [1.807, 2.05) is 24.1 Å². The minimum absolute atomic E-state index is 0. The summed E-state index contributed by atoms with van der Waals surface area (Å²) in [5.41, 5.74) is 1.14. The second-order valence-electron chi connectivity index (χ2n) is 7.19. The number of guanidine groups is 1. The molecule has 7 nitrogen and oxygen atoms in total. The van der Waals surface area contributed by atoms with Crippen LogP contribution in [-0.4, -0.2) is 78.5 Å². The second-order valence-corrected chi connectivity index (χ2v) is 7.19. The Morgan fingerprint density at radius 2 is 2.08 bits per heavy atom. The number of ether oxygens (including phenoxy) is 1. The quantitative estimate of drug-likeness (QED) is 0.408. The number of nitrogens with one attached hydrogen (secondary N) is 1. The molecule has 148 valence electrons. The zero-order valence-electron chi connectivity index (χ0n) is 16.2. The van der Waals surface area contributed by atoms with Crippen LogP contribution in [0.5, 0.6) is 0 Å². The standard InChI is InChI=1S/C18H32N6O.HI/c1-4-19-18(20-11-15-5-7-22(2)8-6-15)24-9-10-25-17(14-24)16-12-21-23(3)13-16;/h12-13,15,17H,4-11,14H2,1-3H3,(H,19,20);1H. The maximum Gasteiger partial charge on any atom is 0.194 e. The molecule has 0 bridgehead atoms. The van der Waals surface area contributed by atoms with Gasteiger partial charge in [-0.05, 0) is 45.8 Å². The fourth-order valence-electron chi connectivity index (χ4n) is 3.54. The third-order valence-electron chi connectivity index (χ3n) is 5.13. The van der Waals surface area contributed by atoms with Crippen molar-refractivity contribution in [2.24, 2.45) is 18.0 Å². The molecule has 0 aromatic carbocycles. The van der Waals surface area contributed by atoms with Crippen molar-refractivity contribution in [3.05, 3.63) is 18.0 Å². The molecule has 0 saturated carbocycles. The number of morpholine rings is 1. The number of aliphatic imine (C=N–C) groups is 1. The monoisotopic (exact) mass is 476 g/mol. The van der Waals surface area contributed by atoms with Crippen LogP contribution >= 0.6 is 24.0 Å². The molecule has 1 unspecified atom stereocenters. The van der Waals surface area contributed by atoms with E-state index in [0.717, 1.165) is 44.3 Å². The molecule has 0 radical (unpaired) electrons. The first-order valence-electron chi connectivity index (χ1n) is 9.47. The van der Waals surface area contributed by atoms with E-state index in [9.17, 15) is 0 Å². The largest absolute Gasteiger partial charge is 0.370 e. The van der Waals surface area contributed by atoms with Crippen molar-refractivity contribution in [3.8, 4) is 0 Å². The van der Waals surface area contributed by atoms with Crippen LogP contribution in [-0.2, 0) is 11.8 Å². The third-order valence-corrected chi connectivity index (χ3v) is 5.13. The van der Waals surface area contributed by atoms with Gasteiger partial charge in [0.05, 0.1) is 19.3 Å². The van der Waals surface area contributed by atoms with Crippen LogP contribution in [0.3, 0.4) is 0 Å². The Morgan fingerprint density at radius 1 is 1.31 bits per heavy atom. The van der Waals surface area contributed by atoms with Crippen molar-refractivity contribution in [2.75, 3.05) is 52.9 Å². The highest BCUT2D eigenvalue weighted by atomic mass is 127. The lowest BCUT2D eigenvalue weighted by Gasteiger charge is -2.35. The molecule has 8 heteroatoms. The predicted octanol–water partition coefficient (Wildman–Crippen LogP) is 1.72.